The van der Waals surface area contributed by atoms with E-state index < -0.39 is 0 Å². The van der Waals surface area contributed by atoms with E-state index in [-0.39, 0.29) is 5.41 Å². The zero-order valence-corrected chi connectivity index (χ0v) is 32.9. The summed E-state index contributed by atoms with van der Waals surface area (Å²) < 4.78 is 2.39. The van der Waals surface area contributed by atoms with Crippen molar-refractivity contribution in [3.63, 3.8) is 0 Å². The number of anilines is 3. The Morgan fingerprint density at radius 1 is 0.500 bits per heavy atom. The maximum absolute atomic E-state index is 4.46. The average molecular weight is 745 g/mol. The minimum absolute atomic E-state index is 0.0803. The number of hydrogen-bond acceptors (Lipinski definition) is 1. The third kappa shape index (κ3) is 6.33. The molecule has 0 spiro atoms. The lowest BCUT2D eigenvalue weighted by atomic mass is 9.77. The average Bonchev–Trinajstić information content (AvgIpc) is 3.62. The lowest BCUT2D eigenvalue weighted by Gasteiger charge is -2.31. The predicted octanol–water partition coefficient (Wildman–Crippen LogP) is 15.5. The summed E-state index contributed by atoms with van der Waals surface area (Å²) in [5.74, 6) is 0. The molecule has 0 radical (unpaired) electrons. The molecule has 0 amide bonds. The second-order valence-electron chi connectivity index (χ2n) is 16.0. The summed E-state index contributed by atoms with van der Waals surface area (Å²) in [6, 6.07) is 66.5. The van der Waals surface area contributed by atoms with Crippen LogP contribution in [0, 0.1) is 0 Å². The van der Waals surface area contributed by atoms with Crippen molar-refractivity contribution in [2.24, 2.45) is 0 Å². The van der Waals surface area contributed by atoms with Gasteiger partial charge < -0.3 is 9.47 Å². The van der Waals surface area contributed by atoms with E-state index in [1.165, 1.54) is 66.0 Å². The summed E-state index contributed by atoms with van der Waals surface area (Å²) in [6.07, 6.45) is 9.57. The smallest absolute Gasteiger partial charge is 0.0541 e. The van der Waals surface area contributed by atoms with Gasteiger partial charge in [-0.25, -0.2) is 0 Å². The van der Waals surface area contributed by atoms with Crippen LogP contribution in [0.2, 0.25) is 0 Å². The molecule has 2 heteroatoms. The molecule has 278 valence electrons. The lowest BCUT2D eigenvalue weighted by molar-refractivity contribution is 0.533. The van der Waals surface area contributed by atoms with Crippen molar-refractivity contribution in [2.75, 3.05) is 4.90 Å². The second kappa shape index (κ2) is 14.4. The van der Waals surface area contributed by atoms with Crippen LogP contribution in [0.5, 0.6) is 0 Å². The Labute approximate surface area is 341 Å². The topological polar surface area (TPSA) is 8.17 Å². The molecule has 8 aromatic carbocycles. The van der Waals surface area contributed by atoms with Gasteiger partial charge in [-0.1, -0.05) is 160 Å². The van der Waals surface area contributed by atoms with Crippen LogP contribution in [-0.4, -0.2) is 4.57 Å². The number of benzene rings is 8. The molecule has 1 aliphatic carbocycles. The molecule has 0 N–H and O–H groups in total. The van der Waals surface area contributed by atoms with Gasteiger partial charge in [-0.3, -0.25) is 0 Å². The Morgan fingerprint density at radius 2 is 1.12 bits per heavy atom. The number of rotatable bonds is 6. The van der Waals surface area contributed by atoms with Crippen molar-refractivity contribution in [3.8, 4) is 27.9 Å². The fourth-order valence-electron chi connectivity index (χ4n) is 8.75. The molecule has 0 saturated carbocycles. The highest BCUT2D eigenvalue weighted by Gasteiger charge is 2.26. The van der Waals surface area contributed by atoms with Crippen molar-refractivity contribution in [1.29, 1.82) is 0 Å². The number of aromatic nitrogens is 1. The van der Waals surface area contributed by atoms with Gasteiger partial charge in [-0.05, 0) is 128 Å². The molecule has 0 atom stereocenters. The SMILES string of the molecule is C=C1/C=C\C=C/CC(C)(C)c2cc(N(c3ccc(-c4ccc5c(c4)c4ccccc4n5-c4ccc(-c5ccccc5)cc4)cc3)c3ccc4ccccc4c3)ccc21. The van der Waals surface area contributed by atoms with Gasteiger partial charge in [-0.2, -0.15) is 0 Å². The maximum Gasteiger partial charge on any atom is 0.0541 e. The van der Waals surface area contributed by atoms with Gasteiger partial charge in [0, 0.05) is 33.5 Å². The third-order valence-corrected chi connectivity index (χ3v) is 11.9. The number of para-hydroxylation sites is 1. The minimum atomic E-state index is -0.0803. The zero-order valence-electron chi connectivity index (χ0n) is 32.9. The van der Waals surface area contributed by atoms with Gasteiger partial charge in [0.1, 0.15) is 0 Å². The molecular formula is C56H44N2. The minimum Gasteiger partial charge on any atom is -0.310 e. The molecule has 10 rings (SSSR count). The Morgan fingerprint density at radius 3 is 1.95 bits per heavy atom. The summed E-state index contributed by atoms with van der Waals surface area (Å²) >= 11 is 0. The first-order valence-corrected chi connectivity index (χ1v) is 20.2. The Balaban J connectivity index is 1.06. The second-order valence-corrected chi connectivity index (χ2v) is 16.0. The van der Waals surface area contributed by atoms with Gasteiger partial charge in [0.2, 0.25) is 0 Å². The molecular weight excluding hydrogens is 701 g/mol. The fraction of sp³-hybridized carbons (Fsp3) is 0.0714. The van der Waals surface area contributed by atoms with Crippen LogP contribution in [0.1, 0.15) is 31.4 Å². The highest BCUT2D eigenvalue weighted by atomic mass is 15.1. The van der Waals surface area contributed by atoms with Gasteiger partial charge >= 0.3 is 0 Å². The summed E-state index contributed by atoms with van der Waals surface area (Å²) in [5.41, 5.74) is 15.2. The van der Waals surface area contributed by atoms with Crippen LogP contribution in [0.25, 0.3) is 66.1 Å². The van der Waals surface area contributed by atoms with E-state index in [9.17, 15) is 0 Å². The van der Waals surface area contributed by atoms with E-state index in [2.05, 4.69) is 236 Å². The van der Waals surface area contributed by atoms with E-state index in [1.807, 2.05) is 0 Å². The van der Waals surface area contributed by atoms with Gasteiger partial charge in [-0.15, -0.1) is 0 Å². The van der Waals surface area contributed by atoms with Crippen LogP contribution >= 0.6 is 0 Å². The van der Waals surface area contributed by atoms with E-state index in [1.54, 1.807) is 0 Å². The first-order valence-electron chi connectivity index (χ1n) is 20.2. The monoisotopic (exact) mass is 744 g/mol. The highest BCUT2D eigenvalue weighted by molar-refractivity contribution is 6.10. The number of hydrogen-bond donors (Lipinski definition) is 0. The lowest BCUT2D eigenvalue weighted by Crippen LogP contribution is -2.19. The molecule has 1 heterocycles. The predicted molar refractivity (Wildman–Crippen MR) is 249 cm³/mol. The van der Waals surface area contributed by atoms with Crippen molar-refractivity contribution in [3.05, 3.63) is 224 Å². The fourth-order valence-corrected chi connectivity index (χ4v) is 8.75. The van der Waals surface area contributed by atoms with Crippen LogP contribution in [0.3, 0.4) is 0 Å². The Bertz CT molecular complexity index is 3050. The Hall–Kier alpha value is -7.16. The van der Waals surface area contributed by atoms with E-state index in [0.717, 1.165) is 34.7 Å². The van der Waals surface area contributed by atoms with Crippen LogP contribution < -0.4 is 4.90 Å². The Kier molecular flexibility index (Phi) is 8.76. The number of fused-ring (bicyclic) bond motifs is 5. The molecule has 2 nitrogen and oxygen atoms in total. The molecule has 1 aromatic heterocycles. The number of allylic oxidation sites excluding steroid dienone is 5. The van der Waals surface area contributed by atoms with Crippen molar-refractivity contribution in [2.45, 2.75) is 25.7 Å². The van der Waals surface area contributed by atoms with Crippen molar-refractivity contribution < 1.29 is 0 Å². The van der Waals surface area contributed by atoms with Crippen LogP contribution in [0.15, 0.2) is 213 Å². The van der Waals surface area contributed by atoms with Gasteiger partial charge in [0.15, 0.2) is 0 Å². The first-order chi connectivity index (χ1) is 28.4. The zero-order chi connectivity index (χ0) is 39.2. The highest BCUT2D eigenvalue weighted by Crippen LogP contribution is 2.43. The largest absolute Gasteiger partial charge is 0.310 e. The van der Waals surface area contributed by atoms with E-state index in [0.29, 0.717) is 0 Å². The maximum atomic E-state index is 4.46. The normalized spacial score (nSPS) is 14.8. The summed E-state index contributed by atoms with van der Waals surface area (Å²) in [4.78, 5) is 2.40. The molecule has 0 saturated heterocycles. The van der Waals surface area contributed by atoms with Gasteiger partial charge in [0.05, 0.1) is 11.0 Å². The quantitative estimate of drug-likeness (QED) is 0.165. The summed E-state index contributed by atoms with van der Waals surface area (Å²) in [6.45, 7) is 9.13. The third-order valence-electron chi connectivity index (χ3n) is 11.9. The summed E-state index contributed by atoms with van der Waals surface area (Å²) in [5, 5.41) is 4.94. The summed E-state index contributed by atoms with van der Waals surface area (Å²) in [7, 11) is 0. The van der Waals surface area contributed by atoms with Crippen LogP contribution in [-0.2, 0) is 5.41 Å². The number of nitrogens with zero attached hydrogens (tertiary/aromatic N) is 2. The molecule has 1 aliphatic rings. The standard InChI is InChI=1S/C56H44N2/c1-39-14-6-5-13-35-56(2,3)53-38-49(32-33-50(39)53)57(48-31-25-41-17-9-10-18-44(41)36-48)46-27-23-43(24-28-46)45-26-34-55-52(37-45)51-19-11-12-20-54(51)58(55)47-29-21-42(22-30-47)40-15-7-4-8-16-40/h4-34,36-38H,1,35H2,2-3H3/b13-5-,14-6-. The molecule has 0 fully saturated rings. The van der Waals surface area contributed by atoms with Crippen LogP contribution in [0.4, 0.5) is 17.1 Å². The van der Waals surface area contributed by atoms with E-state index >= 15 is 0 Å². The molecule has 0 bridgehead atoms. The van der Waals surface area contributed by atoms with Crippen molar-refractivity contribution >= 4 is 55.2 Å². The van der Waals surface area contributed by atoms with E-state index in [4.69, 9.17) is 0 Å². The molecule has 58 heavy (non-hydrogen) atoms. The van der Waals surface area contributed by atoms with Crippen molar-refractivity contribution in [1.82, 2.24) is 4.57 Å². The molecule has 0 unspecified atom stereocenters. The molecule has 9 aromatic rings. The molecule has 0 aliphatic heterocycles. The van der Waals surface area contributed by atoms with Gasteiger partial charge in [0.25, 0.3) is 0 Å². The first kappa shape index (κ1) is 35.3.